The Morgan fingerprint density at radius 1 is 1.25 bits per heavy atom. The average Bonchev–Trinajstić information content (AvgIpc) is 2.52. The van der Waals surface area contributed by atoms with Gasteiger partial charge in [0.15, 0.2) is 10.9 Å². The number of aliphatic carboxylic acids is 1. The highest BCUT2D eigenvalue weighted by Gasteiger charge is 2.22. The lowest BCUT2D eigenvalue weighted by Gasteiger charge is -2.13. The Balaban J connectivity index is 2.56. The van der Waals surface area contributed by atoms with Crippen molar-refractivity contribution in [3.8, 4) is 11.3 Å². The van der Waals surface area contributed by atoms with Gasteiger partial charge in [-0.1, -0.05) is 18.7 Å². The number of hydrogen-bond donors (Lipinski definition) is 1. The van der Waals surface area contributed by atoms with Crippen LogP contribution < -0.4 is 0 Å². The highest BCUT2D eigenvalue weighted by Crippen LogP contribution is 2.29. The van der Waals surface area contributed by atoms with Crippen LogP contribution in [0.5, 0.6) is 0 Å². The summed E-state index contributed by atoms with van der Waals surface area (Å²) >= 11 is 1.04. The van der Waals surface area contributed by atoms with Crippen LogP contribution >= 0.6 is 11.8 Å². The number of benzene rings is 1. The molecule has 0 aliphatic rings. The molecule has 2 rings (SSSR count). The summed E-state index contributed by atoms with van der Waals surface area (Å²) in [6, 6.07) is 5.64. The minimum Gasteiger partial charge on any atom is -0.480 e. The van der Waals surface area contributed by atoms with E-state index >= 15 is 0 Å². The van der Waals surface area contributed by atoms with E-state index in [-0.39, 0.29) is 16.8 Å². The minimum atomic E-state index is -0.942. The molecule has 0 amide bonds. The number of carbonyl (C=O) groups is 2. The Hall–Kier alpha value is -2.28. The largest absolute Gasteiger partial charge is 0.480 e. The number of carboxylic acids is 1. The van der Waals surface area contributed by atoms with Gasteiger partial charge in [-0.05, 0) is 44.5 Å². The predicted molar refractivity (Wildman–Crippen MR) is 89.7 cm³/mol. The summed E-state index contributed by atoms with van der Waals surface area (Å²) in [5.74, 6) is -1.53. The lowest BCUT2D eigenvalue weighted by atomic mass is 10.0. The van der Waals surface area contributed by atoms with Crippen LogP contribution in [-0.4, -0.2) is 32.1 Å². The van der Waals surface area contributed by atoms with Crippen LogP contribution in [-0.2, 0) is 4.79 Å². The van der Waals surface area contributed by atoms with E-state index in [4.69, 9.17) is 0 Å². The third kappa shape index (κ3) is 3.97. The van der Waals surface area contributed by atoms with Crippen molar-refractivity contribution in [2.24, 2.45) is 0 Å². The molecule has 1 aromatic carbocycles. The fourth-order valence-corrected chi connectivity index (χ4v) is 3.13. The van der Waals surface area contributed by atoms with Crippen molar-refractivity contribution in [2.45, 2.75) is 37.6 Å². The van der Waals surface area contributed by atoms with E-state index in [1.54, 1.807) is 13.8 Å². The van der Waals surface area contributed by atoms with Crippen molar-refractivity contribution in [2.75, 3.05) is 0 Å². The van der Waals surface area contributed by atoms with Crippen molar-refractivity contribution in [3.63, 3.8) is 0 Å². The Morgan fingerprint density at radius 3 is 2.38 bits per heavy atom. The molecule has 126 valence electrons. The lowest BCUT2D eigenvalue weighted by molar-refractivity contribution is -0.136. The molecular weight excluding hydrogens is 331 g/mol. The van der Waals surface area contributed by atoms with Crippen LogP contribution in [0.2, 0.25) is 0 Å². The normalized spacial score (nSPS) is 12.0. The SMILES string of the molecule is CCC(Sc1nc(C)c(C(C)=O)c(-c2ccc(F)cc2)n1)C(=O)O. The molecule has 0 aliphatic heterocycles. The fraction of sp³-hybridized carbons (Fsp3) is 0.294. The zero-order chi connectivity index (χ0) is 17.9. The molecule has 1 heterocycles. The van der Waals surface area contributed by atoms with Gasteiger partial charge in [0.1, 0.15) is 11.1 Å². The minimum absolute atomic E-state index is 0.200. The molecule has 0 bridgehead atoms. The van der Waals surface area contributed by atoms with Crippen LogP contribution in [0.25, 0.3) is 11.3 Å². The van der Waals surface area contributed by atoms with Gasteiger partial charge in [-0.2, -0.15) is 0 Å². The van der Waals surface area contributed by atoms with E-state index in [1.807, 2.05) is 0 Å². The Labute approximate surface area is 143 Å². The first kappa shape index (κ1) is 18.1. The Kier molecular flexibility index (Phi) is 5.66. The van der Waals surface area contributed by atoms with Crippen LogP contribution in [0.3, 0.4) is 0 Å². The molecule has 1 unspecified atom stereocenters. The number of Topliss-reactive ketones (excluding diaryl/α,β-unsaturated/α-hetero) is 1. The monoisotopic (exact) mass is 348 g/mol. The first-order chi connectivity index (χ1) is 11.3. The molecule has 0 fully saturated rings. The molecule has 1 aromatic heterocycles. The number of hydrogen-bond acceptors (Lipinski definition) is 5. The molecule has 0 radical (unpaired) electrons. The molecule has 7 heteroatoms. The summed E-state index contributed by atoms with van der Waals surface area (Å²) in [6.07, 6.45) is 0.419. The number of aryl methyl sites for hydroxylation is 1. The second-order valence-corrected chi connectivity index (χ2v) is 6.40. The molecule has 5 nitrogen and oxygen atoms in total. The standard InChI is InChI=1S/C17H17FN2O3S/c1-4-13(16(22)23)24-17-19-9(2)14(10(3)21)15(20-17)11-5-7-12(18)8-6-11/h5-8,13H,4H2,1-3H3,(H,22,23). The van der Waals surface area contributed by atoms with Crippen LogP contribution in [0, 0.1) is 12.7 Å². The van der Waals surface area contributed by atoms with Gasteiger partial charge in [0.25, 0.3) is 0 Å². The van der Waals surface area contributed by atoms with Crippen molar-refractivity contribution in [1.82, 2.24) is 9.97 Å². The van der Waals surface area contributed by atoms with E-state index in [0.717, 1.165) is 11.8 Å². The van der Waals surface area contributed by atoms with Gasteiger partial charge in [-0.3, -0.25) is 9.59 Å². The molecule has 2 aromatic rings. The number of thioether (sulfide) groups is 1. The average molecular weight is 348 g/mol. The third-order valence-electron chi connectivity index (χ3n) is 3.43. The van der Waals surface area contributed by atoms with Crippen LogP contribution in [0.15, 0.2) is 29.4 Å². The lowest BCUT2D eigenvalue weighted by Crippen LogP contribution is -2.16. The number of halogens is 1. The fourth-order valence-electron chi connectivity index (χ4n) is 2.27. The number of rotatable bonds is 6. The Bertz CT molecular complexity index is 778. The van der Waals surface area contributed by atoms with Crippen LogP contribution in [0.4, 0.5) is 4.39 Å². The summed E-state index contributed by atoms with van der Waals surface area (Å²) in [5, 5.41) is 8.80. The van der Waals surface area contributed by atoms with Crippen LogP contribution in [0.1, 0.15) is 36.3 Å². The Morgan fingerprint density at radius 2 is 1.88 bits per heavy atom. The second-order valence-electron chi connectivity index (χ2n) is 5.23. The van der Waals surface area contributed by atoms with E-state index < -0.39 is 11.2 Å². The second kappa shape index (κ2) is 7.53. The van der Waals surface area contributed by atoms with Gasteiger partial charge < -0.3 is 5.11 Å². The van der Waals surface area contributed by atoms with Gasteiger partial charge in [-0.15, -0.1) is 0 Å². The number of carboxylic acid groups (broad SMARTS) is 1. The molecular formula is C17H17FN2O3S. The highest BCUT2D eigenvalue weighted by atomic mass is 32.2. The van der Waals surface area contributed by atoms with Crippen molar-refractivity contribution in [1.29, 1.82) is 0 Å². The van der Waals surface area contributed by atoms with Gasteiger partial charge in [0.2, 0.25) is 0 Å². The number of carbonyl (C=O) groups excluding carboxylic acids is 1. The maximum absolute atomic E-state index is 13.2. The molecule has 24 heavy (non-hydrogen) atoms. The quantitative estimate of drug-likeness (QED) is 0.486. The van der Waals surface area contributed by atoms with E-state index in [1.165, 1.54) is 31.2 Å². The van der Waals surface area contributed by atoms with Crippen molar-refractivity contribution in [3.05, 3.63) is 41.3 Å². The smallest absolute Gasteiger partial charge is 0.317 e. The van der Waals surface area contributed by atoms with E-state index in [2.05, 4.69) is 9.97 Å². The first-order valence-corrected chi connectivity index (χ1v) is 8.26. The van der Waals surface area contributed by atoms with Crippen molar-refractivity contribution < 1.29 is 19.1 Å². The molecule has 0 saturated heterocycles. The molecule has 1 N–H and O–H groups in total. The maximum Gasteiger partial charge on any atom is 0.317 e. The van der Waals surface area contributed by atoms with Gasteiger partial charge >= 0.3 is 5.97 Å². The summed E-state index contributed by atoms with van der Waals surface area (Å²) in [4.78, 5) is 31.8. The van der Waals surface area contributed by atoms with E-state index in [9.17, 15) is 19.1 Å². The van der Waals surface area contributed by atoms with E-state index in [0.29, 0.717) is 28.9 Å². The number of ketones is 1. The summed E-state index contributed by atoms with van der Waals surface area (Å²) in [5.41, 5.74) is 1.80. The summed E-state index contributed by atoms with van der Waals surface area (Å²) in [6.45, 7) is 4.86. The number of nitrogens with zero attached hydrogens (tertiary/aromatic N) is 2. The van der Waals surface area contributed by atoms with Gasteiger partial charge in [0, 0.05) is 5.56 Å². The summed E-state index contributed by atoms with van der Waals surface area (Å²) in [7, 11) is 0. The predicted octanol–water partition coefficient (Wildman–Crippen LogP) is 3.75. The molecule has 1 atom stereocenters. The topological polar surface area (TPSA) is 80.2 Å². The highest BCUT2D eigenvalue weighted by molar-refractivity contribution is 8.00. The first-order valence-electron chi connectivity index (χ1n) is 7.38. The maximum atomic E-state index is 13.2. The zero-order valence-corrected chi connectivity index (χ0v) is 14.4. The molecule has 0 aliphatic carbocycles. The molecule has 0 spiro atoms. The van der Waals surface area contributed by atoms with Gasteiger partial charge in [0.05, 0.1) is 17.0 Å². The number of aromatic nitrogens is 2. The third-order valence-corrected chi connectivity index (χ3v) is 4.65. The van der Waals surface area contributed by atoms with Crippen molar-refractivity contribution >= 4 is 23.5 Å². The molecule has 0 saturated carbocycles. The zero-order valence-electron chi connectivity index (χ0n) is 13.5. The summed E-state index contributed by atoms with van der Waals surface area (Å²) < 4.78 is 13.2. The van der Waals surface area contributed by atoms with Gasteiger partial charge in [-0.25, -0.2) is 14.4 Å².